The van der Waals surface area contributed by atoms with Crippen LogP contribution in [-0.2, 0) is 20.9 Å². The molecule has 0 N–H and O–H groups in total. The Morgan fingerprint density at radius 1 is 1.10 bits per heavy atom. The molecule has 2 aromatic rings. The minimum atomic E-state index is -0.645. The number of ether oxygens (including phenoxy) is 4. The van der Waals surface area contributed by atoms with Crippen molar-refractivity contribution in [2.45, 2.75) is 13.5 Å². The molecule has 0 aliphatic rings. The highest BCUT2D eigenvalue weighted by molar-refractivity contribution is 6.32. The lowest BCUT2D eigenvalue weighted by Gasteiger charge is -2.17. The molecule has 8 heteroatoms. The van der Waals surface area contributed by atoms with Crippen LogP contribution >= 0.6 is 11.6 Å². The zero-order chi connectivity index (χ0) is 22.8. The second kappa shape index (κ2) is 11.9. The van der Waals surface area contributed by atoms with Crippen molar-refractivity contribution in [2.75, 3.05) is 34.5 Å². The number of hydrogen-bond acceptors (Lipinski definition) is 6. The van der Waals surface area contributed by atoms with Gasteiger partial charge in [0, 0.05) is 19.7 Å². The van der Waals surface area contributed by atoms with Crippen molar-refractivity contribution >= 4 is 29.6 Å². The van der Waals surface area contributed by atoms with Crippen molar-refractivity contribution in [3.05, 3.63) is 58.6 Å². The maximum Gasteiger partial charge on any atom is 0.331 e. The minimum Gasteiger partial charge on any atom is -0.494 e. The zero-order valence-electron chi connectivity index (χ0n) is 18.0. The highest BCUT2D eigenvalue weighted by atomic mass is 35.5. The van der Waals surface area contributed by atoms with Crippen LogP contribution in [0, 0.1) is 0 Å². The molecule has 7 nitrogen and oxygen atoms in total. The predicted octanol–water partition coefficient (Wildman–Crippen LogP) is 3.97. The summed E-state index contributed by atoms with van der Waals surface area (Å²) >= 11 is 6.14. The Bertz CT molecular complexity index is 926. The summed E-state index contributed by atoms with van der Waals surface area (Å²) in [5.74, 6) is 0.661. The molecule has 0 radical (unpaired) electrons. The van der Waals surface area contributed by atoms with Gasteiger partial charge in [0.1, 0.15) is 5.75 Å². The number of rotatable bonds is 10. The summed E-state index contributed by atoms with van der Waals surface area (Å²) in [6.45, 7) is 2.54. The summed E-state index contributed by atoms with van der Waals surface area (Å²) in [6.07, 6.45) is 2.74. The summed E-state index contributed by atoms with van der Waals surface area (Å²) in [5, 5.41) is 0.348. The summed E-state index contributed by atoms with van der Waals surface area (Å²) in [7, 11) is 4.63. The second-order valence-corrected chi connectivity index (χ2v) is 6.91. The van der Waals surface area contributed by atoms with Crippen molar-refractivity contribution in [1.29, 1.82) is 0 Å². The van der Waals surface area contributed by atoms with Crippen LogP contribution in [0.1, 0.15) is 18.1 Å². The fourth-order valence-corrected chi connectivity index (χ4v) is 3.01. The first-order valence-electron chi connectivity index (χ1n) is 9.60. The van der Waals surface area contributed by atoms with Gasteiger partial charge in [0.05, 0.1) is 25.8 Å². The van der Waals surface area contributed by atoms with Crippen molar-refractivity contribution in [3.8, 4) is 17.2 Å². The number of esters is 1. The first-order chi connectivity index (χ1) is 14.9. The lowest BCUT2D eigenvalue weighted by molar-refractivity contribution is -0.147. The maximum absolute atomic E-state index is 12.2. The molecular weight excluding hydrogens is 422 g/mol. The third kappa shape index (κ3) is 7.22. The van der Waals surface area contributed by atoms with E-state index in [-0.39, 0.29) is 12.5 Å². The SMILES string of the molecule is CCOc1ccc(CN(C)C(=O)COC(=O)/C=C/c2cc(Cl)c(OC)c(OC)c2)cc1. The lowest BCUT2D eigenvalue weighted by atomic mass is 10.2. The van der Waals surface area contributed by atoms with Gasteiger partial charge in [-0.2, -0.15) is 0 Å². The van der Waals surface area contributed by atoms with E-state index >= 15 is 0 Å². The van der Waals surface area contributed by atoms with Gasteiger partial charge in [-0.05, 0) is 48.4 Å². The van der Waals surface area contributed by atoms with Gasteiger partial charge in [-0.25, -0.2) is 4.79 Å². The second-order valence-electron chi connectivity index (χ2n) is 6.51. The smallest absolute Gasteiger partial charge is 0.331 e. The molecule has 1 amide bonds. The van der Waals surface area contributed by atoms with E-state index < -0.39 is 5.97 Å². The molecule has 0 unspecified atom stereocenters. The Kier molecular flexibility index (Phi) is 9.21. The summed E-state index contributed by atoms with van der Waals surface area (Å²) in [5.41, 5.74) is 1.56. The summed E-state index contributed by atoms with van der Waals surface area (Å²) in [6, 6.07) is 10.8. The maximum atomic E-state index is 12.2. The van der Waals surface area contributed by atoms with Gasteiger partial charge in [0.15, 0.2) is 18.1 Å². The normalized spacial score (nSPS) is 10.6. The topological polar surface area (TPSA) is 74.3 Å². The largest absolute Gasteiger partial charge is 0.494 e. The number of methoxy groups -OCH3 is 2. The Labute approximate surface area is 187 Å². The van der Waals surface area contributed by atoms with Crippen LogP contribution in [0.5, 0.6) is 17.2 Å². The van der Waals surface area contributed by atoms with E-state index in [1.165, 1.54) is 31.3 Å². The Hall–Kier alpha value is -3.19. The zero-order valence-corrected chi connectivity index (χ0v) is 18.8. The van der Waals surface area contributed by atoms with Crippen molar-refractivity contribution in [3.63, 3.8) is 0 Å². The molecule has 0 aliphatic heterocycles. The van der Waals surface area contributed by atoms with Gasteiger partial charge in [-0.1, -0.05) is 23.7 Å². The molecule has 0 saturated carbocycles. The number of halogens is 1. The van der Waals surface area contributed by atoms with Crippen LogP contribution < -0.4 is 14.2 Å². The van der Waals surface area contributed by atoms with Crippen molar-refractivity contribution in [1.82, 2.24) is 4.90 Å². The number of carbonyl (C=O) groups excluding carboxylic acids is 2. The number of nitrogens with zero attached hydrogens (tertiary/aromatic N) is 1. The van der Waals surface area contributed by atoms with Crippen LogP contribution in [0.15, 0.2) is 42.5 Å². The van der Waals surface area contributed by atoms with Crippen LogP contribution in [0.25, 0.3) is 6.08 Å². The monoisotopic (exact) mass is 447 g/mol. The number of likely N-dealkylation sites (N-methyl/N-ethyl adjacent to an activating group) is 1. The van der Waals surface area contributed by atoms with Crippen molar-refractivity contribution in [2.24, 2.45) is 0 Å². The molecule has 0 bridgehead atoms. The van der Waals surface area contributed by atoms with Crippen LogP contribution in [-0.4, -0.2) is 51.3 Å². The predicted molar refractivity (Wildman–Crippen MR) is 119 cm³/mol. The average molecular weight is 448 g/mol. The van der Waals surface area contributed by atoms with Gasteiger partial charge >= 0.3 is 5.97 Å². The highest BCUT2D eigenvalue weighted by Gasteiger charge is 2.13. The van der Waals surface area contributed by atoms with E-state index in [1.807, 2.05) is 31.2 Å². The average Bonchev–Trinajstić information content (AvgIpc) is 2.76. The lowest BCUT2D eigenvalue weighted by Crippen LogP contribution is -2.30. The quantitative estimate of drug-likeness (QED) is 0.405. The van der Waals surface area contributed by atoms with Crippen LogP contribution in [0.2, 0.25) is 5.02 Å². The first kappa shape index (κ1) is 24.1. The standard InChI is InChI=1S/C23H26ClNO6/c1-5-30-18-9-6-16(7-10-18)14-25(2)21(26)15-31-22(27)11-8-17-12-19(24)23(29-4)20(13-17)28-3/h6-13H,5,14-15H2,1-4H3/b11-8+. The molecule has 31 heavy (non-hydrogen) atoms. The third-order valence-electron chi connectivity index (χ3n) is 4.29. The van der Waals surface area contributed by atoms with Gasteiger partial charge in [-0.3, -0.25) is 4.79 Å². The van der Waals surface area contributed by atoms with Gasteiger partial charge in [-0.15, -0.1) is 0 Å². The third-order valence-corrected chi connectivity index (χ3v) is 4.57. The van der Waals surface area contributed by atoms with E-state index in [1.54, 1.807) is 19.2 Å². The number of amides is 1. The van der Waals surface area contributed by atoms with E-state index in [0.29, 0.717) is 35.2 Å². The molecular formula is C23H26ClNO6. The Morgan fingerprint density at radius 3 is 2.42 bits per heavy atom. The van der Waals surface area contributed by atoms with Crippen LogP contribution in [0.3, 0.4) is 0 Å². The van der Waals surface area contributed by atoms with Crippen molar-refractivity contribution < 1.29 is 28.5 Å². The van der Waals surface area contributed by atoms with Crippen LogP contribution in [0.4, 0.5) is 0 Å². The minimum absolute atomic E-state index is 0.315. The number of carbonyl (C=O) groups is 2. The molecule has 2 aromatic carbocycles. The fraction of sp³-hybridized carbons (Fsp3) is 0.304. The molecule has 2 rings (SSSR count). The molecule has 0 heterocycles. The van der Waals surface area contributed by atoms with Gasteiger partial charge in [0.2, 0.25) is 0 Å². The Morgan fingerprint density at radius 2 is 1.81 bits per heavy atom. The molecule has 166 valence electrons. The summed E-state index contributed by atoms with van der Waals surface area (Å²) < 4.78 is 20.8. The van der Waals surface area contributed by atoms with Gasteiger partial charge < -0.3 is 23.8 Å². The molecule has 0 saturated heterocycles. The van der Waals surface area contributed by atoms with E-state index in [0.717, 1.165) is 11.3 Å². The number of benzene rings is 2. The first-order valence-corrected chi connectivity index (χ1v) is 9.97. The molecule has 0 fully saturated rings. The molecule has 0 aliphatic carbocycles. The van der Waals surface area contributed by atoms with Gasteiger partial charge in [0.25, 0.3) is 5.91 Å². The Balaban J connectivity index is 1.87. The van der Waals surface area contributed by atoms with E-state index in [2.05, 4.69) is 0 Å². The number of hydrogen-bond donors (Lipinski definition) is 0. The van der Waals surface area contributed by atoms with E-state index in [9.17, 15) is 9.59 Å². The molecule has 0 spiro atoms. The molecule has 0 atom stereocenters. The van der Waals surface area contributed by atoms with E-state index in [4.69, 9.17) is 30.5 Å². The summed E-state index contributed by atoms with van der Waals surface area (Å²) in [4.78, 5) is 25.7. The highest BCUT2D eigenvalue weighted by Crippen LogP contribution is 2.36. The molecule has 0 aromatic heterocycles. The fourth-order valence-electron chi connectivity index (χ4n) is 2.71.